The van der Waals surface area contributed by atoms with Crippen LogP contribution in [0.4, 0.5) is 4.39 Å². The minimum absolute atomic E-state index is 0.100. The van der Waals surface area contributed by atoms with Gasteiger partial charge in [0.15, 0.2) is 11.6 Å². The lowest BCUT2D eigenvalue weighted by Crippen LogP contribution is -2.26. The highest BCUT2D eigenvalue weighted by atomic mass is 19.1. The van der Waals surface area contributed by atoms with Crippen molar-refractivity contribution >= 4 is 11.4 Å². The lowest BCUT2D eigenvalue weighted by molar-refractivity contribution is -0.117. The van der Waals surface area contributed by atoms with Crippen molar-refractivity contribution in [3.63, 3.8) is 0 Å². The number of carbonyl (C=O) groups is 1. The number of hydrogen-bond donors (Lipinski definition) is 0. The summed E-state index contributed by atoms with van der Waals surface area (Å²) in [7, 11) is 3.31. The van der Waals surface area contributed by atoms with Crippen molar-refractivity contribution in [3.8, 4) is 5.75 Å². The highest BCUT2D eigenvalue weighted by Gasteiger charge is 2.12. The molecule has 0 N–H and O–H groups in total. The Morgan fingerprint density at radius 2 is 2.09 bits per heavy atom. The van der Waals surface area contributed by atoms with Gasteiger partial charge >= 0.3 is 0 Å². The first-order valence-electron chi connectivity index (χ1n) is 7.21. The second-order valence-electron chi connectivity index (χ2n) is 5.66. The van der Waals surface area contributed by atoms with Crippen LogP contribution in [0.1, 0.15) is 26.3 Å². The van der Waals surface area contributed by atoms with Crippen molar-refractivity contribution < 1.29 is 13.9 Å². The SMILES string of the molecule is C=C(/C=C(/C(C)C)N(C)CC(C)=O)c1ccc(F)c(OC)c1. The standard InChI is InChI=1S/C18H24FNO2/c1-12(2)17(20(5)11-14(4)21)9-13(3)15-7-8-16(19)18(10-15)22-6/h7-10,12H,3,11H2,1-2,4-6H3/b17-9-. The van der Waals surface area contributed by atoms with Gasteiger partial charge < -0.3 is 9.64 Å². The number of hydrogen-bond acceptors (Lipinski definition) is 3. The summed E-state index contributed by atoms with van der Waals surface area (Å²) < 4.78 is 18.5. The number of ether oxygens (including phenoxy) is 1. The van der Waals surface area contributed by atoms with Crippen LogP contribution in [0.3, 0.4) is 0 Å². The van der Waals surface area contributed by atoms with E-state index in [1.54, 1.807) is 19.1 Å². The number of halogens is 1. The molecule has 0 amide bonds. The smallest absolute Gasteiger partial charge is 0.165 e. The van der Waals surface area contributed by atoms with E-state index in [0.717, 1.165) is 16.8 Å². The Hall–Kier alpha value is -2.10. The van der Waals surface area contributed by atoms with E-state index in [1.165, 1.54) is 13.2 Å². The summed E-state index contributed by atoms with van der Waals surface area (Å²) in [4.78, 5) is 13.2. The van der Waals surface area contributed by atoms with Gasteiger partial charge in [0, 0.05) is 12.7 Å². The Kier molecular flexibility index (Phi) is 6.35. The summed E-state index contributed by atoms with van der Waals surface area (Å²) in [6.45, 7) is 10.1. The third kappa shape index (κ3) is 4.72. The quantitative estimate of drug-likeness (QED) is 0.715. The zero-order valence-electron chi connectivity index (χ0n) is 13.9. The van der Waals surface area contributed by atoms with Crippen LogP contribution in [-0.2, 0) is 4.79 Å². The topological polar surface area (TPSA) is 29.5 Å². The number of carbonyl (C=O) groups excluding carboxylic acids is 1. The van der Waals surface area contributed by atoms with Gasteiger partial charge in [-0.25, -0.2) is 4.39 Å². The van der Waals surface area contributed by atoms with Crippen molar-refractivity contribution in [2.75, 3.05) is 20.7 Å². The van der Waals surface area contributed by atoms with Crippen LogP contribution in [0.2, 0.25) is 0 Å². The predicted molar refractivity (Wildman–Crippen MR) is 88.2 cm³/mol. The molecule has 0 heterocycles. The molecule has 0 unspecified atom stereocenters. The molecule has 0 fully saturated rings. The molecule has 120 valence electrons. The summed E-state index contributed by atoms with van der Waals surface area (Å²) >= 11 is 0. The monoisotopic (exact) mass is 305 g/mol. The number of nitrogens with zero attached hydrogens (tertiary/aromatic N) is 1. The molecule has 0 saturated heterocycles. The third-order valence-electron chi connectivity index (χ3n) is 3.34. The molecule has 0 aromatic heterocycles. The fourth-order valence-corrected chi connectivity index (χ4v) is 2.26. The van der Waals surface area contributed by atoms with Crippen molar-refractivity contribution in [3.05, 3.63) is 47.9 Å². The molecule has 0 aliphatic rings. The summed E-state index contributed by atoms with van der Waals surface area (Å²) in [5, 5.41) is 0. The highest BCUT2D eigenvalue weighted by molar-refractivity contribution is 5.78. The summed E-state index contributed by atoms with van der Waals surface area (Å²) in [5.74, 6) is 0.127. The van der Waals surface area contributed by atoms with E-state index in [-0.39, 0.29) is 17.5 Å². The molecule has 0 aliphatic carbocycles. The number of likely N-dealkylation sites (N-methyl/N-ethyl adjacent to an activating group) is 1. The molecule has 22 heavy (non-hydrogen) atoms. The molecule has 0 saturated carbocycles. The van der Waals surface area contributed by atoms with Gasteiger partial charge in [-0.2, -0.15) is 0 Å². The van der Waals surface area contributed by atoms with Gasteiger partial charge in [0.1, 0.15) is 5.78 Å². The van der Waals surface area contributed by atoms with Crippen molar-refractivity contribution in [1.29, 1.82) is 0 Å². The maximum absolute atomic E-state index is 13.5. The van der Waals surface area contributed by atoms with Gasteiger partial charge in [-0.05, 0) is 42.2 Å². The van der Waals surface area contributed by atoms with Crippen molar-refractivity contribution in [2.45, 2.75) is 20.8 Å². The lowest BCUT2D eigenvalue weighted by Gasteiger charge is -2.25. The molecule has 0 bridgehead atoms. The minimum atomic E-state index is -0.402. The van der Waals surface area contributed by atoms with Gasteiger partial charge in [-0.3, -0.25) is 4.79 Å². The molecule has 4 heteroatoms. The van der Waals surface area contributed by atoms with Crippen molar-refractivity contribution in [1.82, 2.24) is 4.90 Å². The second-order valence-corrected chi connectivity index (χ2v) is 5.66. The number of ketones is 1. The molecular weight excluding hydrogens is 281 g/mol. The fraction of sp³-hybridized carbons (Fsp3) is 0.389. The first-order chi connectivity index (χ1) is 10.3. The number of methoxy groups -OCH3 is 1. The first kappa shape index (κ1) is 18.0. The Labute approximate surface area is 132 Å². The zero-order valence-corrected chi connectivity index (χ0v) is 13.9. The van der Waals surface area contributed by atoms with Crippen LogP contribution < -0.4 is 4.74 Å². The largest absolute Gasteiger partial charge is 0.494 e. The maximum Gasteiger partial charge on any atom is 0.165 e. The fourth-order valence-electron chi connectivity index (χ4n) is 2.26. The molecule has 1 aromatic rings. The van der Waals surface area contributed by atoms with E-state index in [1.807, 2.05) is 18.0 Å². The minimum Gasteiger partial charge on any atom is -0.494 e. The molecule has 1 aromatic carbocycles. The van der Waals surface area contributed by atoms with Gasteiger partial charge in [0.25, 0.3) is 0 Å². The highest BCUT2D eigenvalue weighted by Crippen LogP contribution is 2.25. The average molecular weight is 305 g/mol. The normalized spacial score (nSPS) is 11.5. The van der Waals surface area contributed by atoms with Gasteiger partial charge in [-0.15, -0.1) is 0 Å². The Morgan fingerprint density at radius 3 is 2.59 bits per heavy atom. The van der Waals surface area contributed by atoms with E-state index in [2.05, 4.69) is 20.4 Å². The molecule has 3 nitrogen and oxygen atoms in total. The van der Waals surface area contributed by atoms with Gasteiger partial charge in [0.2, 0.25) is 0 Å². The van der Waals surface area contributed by atoms with Crippen LogP contribution >= 0.6 is 0 Å². The predicted octanol–water partition coefficient (Wildman–Crippen LogP) is 3.91. The lowest BCUT2D eigenvalue weighted by atomic mass is 10.0. The Morgan fingerprint density at radius 1 is 1.45 bits per heavy atom. The second kappa shape index (κ2) is 7.78. The number of rotatable bonds is 7. The van der Waals surface area contributed by atoms with E-state index >= 15 is 0 Å². The molecule has 1 rings (SSSR count). The zero-order chi connectivity index (χ0) is 16.9. The molecule has 0 radical (unpaired) electrons. The first-order valence-corrected chi connectivity index (χ1v) is 7.21. The summed E-state index contributed by atoms with van der Waals surface area (Å²) in [5.41, 5.74) is 2.54. The summed E-state index contributed by atoms with van der Waals surface area (Å²) in [6, 6.07) is 4.65. The maximum atomic E-state index is 13.5. The van der Waals surface area contributed by atoms with E-state index in [4.69, 9.17) is 4.74 Å². The van der Waals surface area contributed by atoms with Crippen LogP contribution in [-0.4, -0.2) is 31.4 Å². The van der Waals surface area contributed by atoms with Crippen LogP contribution in [0.15, 0.2) is 36.6 Å². The van der Waals surface area contributed by atoms with Gasteiger partial charge in [0.05, 0.1) is 13.7 Å². The number of benzene rings is 1. The molecule has 0 atom stereocenters. The summed E-state index contributed by atoms with van der Waals surface area (Å²) in [6.07, 6.45) is 1.93. The van der Waals surface area contributed by atoms with Crippen molar-refractivity contribution in [2.24, 2.45) is 5.92 Å². The van der Waals surface area contributed by atoms with Crippen LogP contribution in [0, 0.1) is 11.7 Å². The molecule has 0 aliphatic heterocycles. The van der Waals surface area contributed by atoms with Crippen LogP contribution in [0.25, 0.3) is 5.57 Å². The Balaban J connectivity index is 3.10. The van der Waals surface area contributed by atoms with Gasteiger partial charge in [-0.1, -0.05) is 26.5 Å². The van der Waals surface area contributed by atoms with E-state index < -0.39 is 5.82 Å². The van der Waals surface area contributed by atoms with Crippen LogP contribution in [0.5, 0.6) is 5.75 Å². The van der Waals surface area contributed by atoms with E-state index in [0.29, 0.717) is 6.54 Å². The third-order valence-corrected chi connectivity index (χ3v) is 3.34. The Bertz CT molecular complexity index is 591. The molecule has 0 spiro atoms. The van der Waals surface area contributed by atoms with E-state index in [9.17, 15) is 9.18 Å². The average Bonchev–Trinajstić information content (AvgIpc) is 2.43. The number of allylic oxidation sites excluding steroid dienone is 3. The molecular formula is C18H24FNO2. The number of Topliss-reactive ketones (excluding diaryl/α,β-unsaturated/α-hetero) is 1.